The van der Waals surface area contributed by atoms with Crippen LogP contribution in [-0.2, 0) is 4.79 Å². The van der Waals surface area contributed by atoms with Crippen molar-refractivity contribution in [2.24, 2.45) is 0 Å². The molecule has 0 unspecified atom stereocenters. The van der Waals surface area contributed by atoms with Crippen LogP contribution in [0.5, 0.6) is 0 Å². The molecule has 0 fully saturated rings. The van der Waals surface area contributed by atoms with E-state index in [0.717, 1.165) is 0 Å². The number of amides is 2. The number of hydrogen-bond acceptors (Lipinski definition) is 4. The second kappa shape index (κ2) is 6.70. The van der Waals surface area contributed by atoms with Gasteiger partial charge in [-0.25, -0.2) is 4.98 Å². The van der Waals surface area contributed by atoms with Gasteiger partial charge in [-0.15, -0.1) is 0 Å². The van der Waals surface area contributed by atoms with E-state index in [1.54, 1.807) is 6.07 Å². The van der Waals surface area contributed by atoms with Crippen molar-refractivity contribution >= 4 is 17.6 Å². The number of hydrogen-bond donors (Lipinski definition) is 2. The summed E-state index contributed by atoms with van der Waals surface area (Å²) in [6, 6.07) is 3.09. The molecule has 2 N–H and O–H groups in total. The quantitative estimate of drug-likeness (QED) is 0.798. The number of carbonyl (C=O) groups is 2. The second-order valence-corrected chi connectivity index (χ2v) is 3.72. The molecule has 6 heteroatoms. The fourth-order valence-electron chi connectivity index (χ4n) is 1.52. The van der Waals surface area contributed by atoms with Crippen LogP contribution in [0.4, 0.5) is 5.82 Å². The molecule has 98 valence electrons. The highest BCUT2D eigenvalue weighted by Crippen LogP contribution is 2.09. The lowest BCUT2D eigenvalue weighted by atomic mass is 10.2. The molecule has 0 aliphatic rings. The van der Waals surface area contributed by atoms with E-state index in [1.165, 1.54) is 24.1 Å². The van der Waals surface area contributed by atoms with Crippen molar-refractivity contribution in [2.75, 3.05) is 25.0 Å². The van der Waals surface area contributed by atoms with Crippen LogP contribution in [0.3, 0.4) is 0 Å². The lowest BCUT2D eigenvalue weighted by molar-refractivity contribution is -0.114. The Kier molecular flexibility index (Phi) is 5.26. The fraction of sp³-hybridized carbons (Fsp3) is 0.417. The van der Waals surface area contributed by atoms with Crippen LogP contribution in [-0.4, -0.2) is 46.5 Å². The molecule has 0 atom stereocenters. The third-order valence-corrected chi connectivity index (χ3v) is 2.35. The van der Waals surface area contributed by atoms with Gasteiger partial charge in [0.25, 0.3) is 5.91 Å². The summed E-state index contributed by atoms with van der Waals surface area (Å²) in [5, 5.41) is 11.4. The largest absolute Gasteiger partial charge is 0.395 e. The Labute approximate surface area is 106 Å². The van der Waals surface area contributed by atoms with Gasteiger partial charge < -0.3 is 15.3 Å². The molecule has 1 rings (SSSR count). The molecular formula is C12H17N3O3. The average Bonchev–Trinajstić information content (AvgIpc) is 2.34. The lowest BCUT2D eigenvalue weighted by Gasteiger charge is -2.19. The van der Waals surface area contributed by atoms with Crippen LogP contribution in [0.15, 0.2) is 18.3 Å². The Balaban J connectivity index is 2.88. The summed E-state index contributed by atoms with van der Waals surface area (Å²) in [5.74, 6) is -0.0937. The number of rotatable bonds is 5. The minimum absolute atomic E-state index is 0.0801. The first kappa shape index (κ1) is 14.1. The summed E-state index contributed by atoms with van der Waals surface area (Å²) in [6.07, 6.45) is 1.46. The maximum Gasteiger partial charge on any atom is 0.254 e. The van der Waals surface area contributed by atoms with Gasteiger partial charge in [-0.05, 0) is 19.1 Å². The number of anilines is 1. The Hall–Kier alpha value is -1.95. The first-order valence-corrected chi connectivity index (χ1v) is 5.72. The molecule has 1 aromatic rings. The van der Waals surface area contributed by atoms with Crippen molar-refractivity contribution in [1.29, 1.82) is 0 Å². The predicted octanol–water partition coefficient (Wildman–Crippen LogP) is 0.494. The van der Waals surface area contributed by atoms with Gasteiger partial charge in [-0.1, -0.05) is 0 Å². The Morgan fingerprint density at radius 3 is 2.78 bits per heavy atom. The van der Waals surface area contributed by atoms with Crippen molar-refractivity contribution in [3.8, 4) is 0 Å². The zero-order chi connectivity index (χ0) is 13.5. The standard InChI is InChI=1S/C12H17N3O3/c1-3-15(6-7-16)12(18)10-4-5-13-11(8-10)14-9(2)17/h4-5,8,16H,3,6-7H2,1-2H3,(H,13,14,17). The van der Waals surface area contributed by atoms with Crippen LogP contribution >= 0.6 is 0 Å². The maximum atomic E-state index is 12.1. The zero-order valence-electron chi connectivity index (χ0n) is 10.5. The molecule has 0 spiro atoms. The highest BCUT2D eigenvalue weighted by atomic mass is 16.3. The number of nitrogens with zero attached hydrogens (tertiary/aromatic N) is 2. The second-order valence-electron chi connectivity index (χ2n) is 3.72. The van der Waals surface area contributed by atoms with Gasteiger partial charge >= 0.3 is 0 Å². The SMILES string of the molecule is CCN(CCO)C(=O)c1ccnc(NC(C)=O)c1. The predicted molar refractivity (Wildman–Crippen MR) is 67.2 cm³/mol. The molecule has 0 radical (unpaired) electrons. The fourth-order valence-corrected chi connectivity index (χ4v) is 1.52. The number of carbonyl (C=O) groups excluding carboxylic acids is 2. The van der Waals surface area contributed by atoms with Gasteiger partial charge in [-0.3, -0.25) is 9.59 Å². The molecule has 0 aliphatic heterocycles. The van der Waals surface area contributed by atoms with Gasteiger partial charge in [0.05, 0.1) is 6.61 Å². The summed E-state index contributed by atoms with van der Waals surface area (Å²) >= 11 is 0. The summed E-state index contributed by atoms with van der Waals surface area (Å²) in [6.45, 7) is 3.93. The third-order valence-electron chi connectivity index (χ3n) is 2.35. The molecule has 0 aromatic carbocycles. The summed E-state index contributed by atoms with van der Waals surface area (Å²) in [4.78, 5) is 28.4. The monoisotopic (exact) mass is 251 g/mol. The Bertz CT molecular complexity index is 434. The number of likely N-dealkylation sites (N-methyl/N-ethyl adjacent to an activating group) is 1. The molecule has 18 heavy (non-hydrogen) atoms. The number of aliphatic hydroxyl groups is 1. The van der Waals surface area contributed by atoms with Gasteiger partial charge in [0.2, 0.25) is 5.91 Å². The summed E-state index contributed by atoms with van der Waals surface area (Å²) in [7, 11) is 0. The van der Waals surface area contributed by atoms with E-state index in [2.05, 4.69) is 10.3 Å². The van der Waals surface area contributed by atoms with Crippen molar-refractivity contribution in [3.63, 3.8) is 0 Å². The normalized spacial score (nSPS) is 9.94. The van der Waals surface area contributed by atoms with E-state index in [0.29, 0.717) is 17.9 Å². The molecule has 0 aliphatic carbocycles. The summed E-state index contributed by atoms with van der Waals surface area (Å²) < 4.78 is 0. The Morgan fingerprint density at radius 2 is 2.22 bits per heavy atom. The van der Waals surface area contributed by atoms with E-state index in [4.69, 9.17) is 5.11 Å². The van der Waals surface area contributed by atoms with E-state index < -0.39 is 0 Å². The first-order chi connectivity index (χ1) is 8.58. The first-order valence-electron chi connectivity index (χ1n) is 5.72. The molecule has 0 saturated carbocycles. The highest BCUT2D eigenvalue weighted by Gasteiger charge is 2.14. The zero-order valence-corrected chi connectivity index (χ0v) is 10.5. The summed E-state index contributed by atoms with van der Waals surface area (Å²) in [5.41, 5.74) is 0.434. The van der Waals surface area contributed by atoms with Crippen LogP contribution in [0.1, 0.15) is 24.2 Å². The molecular weight excluding hydrogens is 234 g/mol. The lowest BCUT2D eigenvalue weighted by Crippen LogP contribution is -2.33. The van der Waals surface area contributed by atoms with Crippen LogP contribution < -0.4 is 5.32 Å². The van der Waals surface area contributed by atoms with Gasteiger partial charge in [0.1, 0.15) is 5.82 Å². The number of nitrogens with one attached hydrogen (secondary N) is 1. The number of pyridine rings is 1. The van der Waals surface area contributed by atoms with E-state index in [9.17, 15) is 9.59 Å². The number of aromatic nitrogens is 1. The van der Waals surface area contributed by atoms with Gasteiger partial charge in [-0.2, -0.15) is 0 Å². The molecule has 2 amide bonds. The molecule has 6 nitrogen and oxygen atoms in total. The van der Waals surface area contributed by atoms with Gasteiger partial charge in [0.15, 0.2) is 0 Å². The smallest absolute Gasteiger partial charge is 0.254 e. The number of aliphatic hydroxyl groups excluding tert-OH is 1. The van der Waals surface area contributed by atoms with Gasteiger partial charge in [0, 0.05) is 31.8 Å². The third kappa shape index (κ3) is 3.81. The van der Waals surface area contributed by atoms with E-state index in [1.807, 2.05) is 6.92 Å². The maximum absolute atomic E-state index is 12.1. The Morgan fingerprint density at radius 1 is 1.50 bits per heavy atom. The van der Waals surface area contributed by atoms with Crippen molar-refractivity contribution in [1.82, 2.24) is 9.88 Å². The van der Waals surface area contributed by atoms with Crippen LogP contribution in [0.2, 0.25) is 0 Å². The van der Waals surface area contributed by atoms with E-state index >= 15 is 0 Å². The average molecular weight is 251 g/mol. The molecule has 1 aromatic heterocycles. The van der Waals surface area contributed by atoms with Crippen LogP contribution in [0, 0.1) is 0 Å². The minimum atomic E-state index is -0.241. The molecule has 0 saturated heterocycles. The minimum Gasteiger partial charge on any atom is -0.395 e. The van der Waals surface area contributed by atoms with Crippen LogP contribution in [0.25, 0.3) is 0 Å². The van der Waals surface area contributed by atoms with Crippen molar-refractivity contribution in [2.45, 2.75) is 13.8 Å². The molecule has 0 bridgehead atoms. The van der Waals surface area contributed by atoms with Crippen molar-refractivity contribution < 1.29 is 14.7 Å². The van der Waals surface area contributed by atoms with E-state index in [-0.39, 0.29) is 25.0 Å². The van der Waals surface area contributed by atoms with Crippen molar-refractivity contribution in [3.05, 3.63) is 23.9 Å². The molecule has 1 heterocycles. The highest BCUT2D eigenvalue weighted by molar-refractivity contribution is 5.96. The topological polar surface area (TPSA) is 82.5 Å².